The zero-order chi connectivity index (χ0) is 10.8. The maximum absolute atomic E-state index is 6.40. The van der Waals surface area contributed by atoms with Gasteiger partial charge < -0.3 is 0 Å². The maximum Gasteiger partial charge on any atom is 0.0726 e. The maximum atomic E-state index is 6.40. The minimum absolute atomic E-state index is 0.126. The van der Waals surface area contributed by atoms with E-state index < -0.39 is 0 Å². The lowest BCUT2D eigenvalue weighted by Crippen LogP contribution is -1.90. The molecule has 2 aromatic rings. The Kier molecular flexibility index (Phi) is 3.49. The second-order valence-electron chi connectivity index (χ2n) is 3.64. The number of rotatable bonds is 3. The van der Waals surface area contributed by atoms with Crippen molar-refractivity contribution >= 4 is 34.3 Å². The SMILES string of the molecule is Cc1cc(C(Cl)Cc2cccs2)sc1C. The third-order valence-electron chi connectivity index (χ3n) is 2.45. The Hall–Kier alpha value is -0.310. The van der Waals surface area contributed by atoms with Crippen LogP contribution in [0.1, 0.15) is 25.6 Å². The zero-order valence-corrected chi connectivity index (χ0v) is 11.2. The van der Waals surface area contributed by atoms with Crippen molar-refractivity contribution in [2.75, 3.05) is 0 Å². The summed E-state index contributed by atoms with van der Waals surface area (Å²) in [5.74, 6) is 0. The molecule has 0 nitrogen and oxygen atoms in total. The van der Waals surface area contributed by atoms with E-state index in [4.69, 9.17) is 11.6 Å². The van der Waals surface area contributed by atoms with E-state index in [2.05, 4.69) is 37.4 Å². The molecule has 0 N–H and O–H groups in total. The molecule has 0 fully saturated rings. The second-order valence-corrected chi connectivity index (χ2v) is 6.49. The van der Waals surface area contributed by atoms with Crippen LogP contribution in [0.5, 0.6) is 0 Å². The smallest absolute Gasteiger partial charge is 0.0726 e. The highest BCUT2D eigenvalue weighted by Crippen LogP contribution is 2.33. The third-order valence-corrected chi connectivity index (χ3v) is 5.14. The van der Waals surface area contributed by atoms with Gasteiger partial charge in [-0.05, 0) is 36.9 Å². The topological polar surface area (TPSA) is 0 Å². The lowest BCUT2D eigenvalue weighted by atomic mass is 10.2. The van der Waals surface area contributed by atoms with Gasteiger partial charge in [-0.1, -0.05) is 6.07 Å². The summed E-state index contributed by atoms with van der Waals surface area (Å²) in [7, 11) is 0. The fraction of sp³-hybridized carbons (Fsp3) is 0.333. The number of halogens is 1. The highest BCUT2D eigenvalue weighted by atomic mass is 35.5. The van der Waals surface area contributed by atoms with Gasteiger partial charge in [-0.25, -0.2) is 0 Å². The average Bonchev–Trinajstić information content (AvgIpc) is 2.78. The van der Waals surface area contributed by atoms with E-state index in [1.807, 2.05) is 11.3 Å². The molecule has 2 rings (SSSR count). The van der Waals surface area contributed by atoms with E-state index in [1.54, 1.807) is 11.3 Å². The lowest BCUT2D eigenvalue weighted by molar-refractivity contribution is 0.959. The highest BCUT2D eigenvalue weighted by molar-refractivity contribution is 7.12. The molecule has 80 valence electrons. The van der Waals surface area contributed by atoms with Gasteiger partial charge in [0.15, 0.2) is 0 Å². The molecule has 2 aromatic heterocycles. The molecule has 1 atom stereocenters. The normalized spacial score (nSPS) is 13.0. The molecule has 0 saturated carbocycles. The van der Waals surface area contributed by atoms with Crippen molar-refractivity contribution in [3.05, 3.63) is 43.8 Å². The van der Waals surface area contributed by atoms with Crippen LogP contribution in [0.4, 0.5) is 0 Å². The predicted molar refractivity (Wildman–Crippen MR) is 70.4 cm³/mol. The van der Waals surface area contributed by atoms with Gasteiger partial charge in [0.1, 0.15) is 0 Å². The van der Waals surface area contributed by atoms with Gasteiger partial charge in [0.2, 0.25) is 0 Å². The standard InChI is InChI=1S/C12H13ClS2/c1-8-6-12(15-9(8)2)11(13)7-10-4-3-5-14-10/h3-6,11H,7H2,1-2H3. The van der Waals surface area contributed by atoms with Gasteiger partial charge in [0.25, 0.3) is 0 Å². The molecule has 0 bridgehead atoms. The number of thiophene rings is 2. The number of alkyl halides is 1. The van der Waals surface area contributed by atoms with Crippen LogP contribution in [0, 0.1) is 13.8 Å². The minimum atomic E-state index is 0.126. The molecule has 0 saturated heterocycles. The van der Waals surface area contributed by atoms with E-state index in [0.717, 1.165) is 6.42 Å². The molecule has 0 aromatic carbocycles. The quantitative estimate of drug-likeness (QED) is 0.682. The Morgan fingerprint density at radius 2 is 2.20 bits per heavy atom. The van der Waals surface area contributed by atoms with Crippen LogP contribution in [0.15, 0.2) is 23.6 Å². The third kappa shape index (κ3) is 2.63. The van der Waals surface area contributed by atoms with Crippen molar-refractivity contribution in [2.24, 2.45) is 0 Å². The summed E-state index contributed by atoms with van der Waals surface area (Å²) >= 11 is 9.99. The molecule has 0 aliphatic heterocycles. The lowest BCUT2D eigenvalue weighted by Gasteiger charge is -2.04. The van der Waals surface area contributed by atoms with Crippen LogP contribution < -0.4 is 0 Å². The molecule has 2 heterocycles. The van der Waals surface area contributed by atoms with Crippen LogP contribution in [-0.2, 0) is 6.42 Å². The van der Waals surface area contributed by atoms with Crippen molar-refractivity contribution in [3.63, 3.8) is 0 Å². The summed E-state index contributed by atoms with van der Waals surface area (Å²) in [4.78, 5) is 4.03. The molecule has 0 amide bonds. The molecular weight excluding hydrogens is 244 g/mol. The Balaban J connectivity index is 2.11. The van der Waals surface area contributed by atoms with Gasteiger partial charge in [-0.2, -0.15) is 0 Å². The summed E-state index contributed by atoms with van der Waals surface area (Å²) in [6, 6.07) is 6.44. The van der Waals surface area contributed by atoms with Crippen molar-refractivity contribution in [3.8, 4) is 0 Å². The average molecular weight is 257 g/mol. The largest absolute Gasteiger partial charge is 0.149 e. The monoisotopic (exact) mass is 256 g/mol. The second kappa shape index (κ2) is 4.69. The fourth-order valence-corrected chi connectivity index (χ4v) is 3.69. The first-order chi connectivity index (χ1) is 7.16. The Morgan fingerprint density at radius 3 is 2.73 bits per heavy atom. The summed E-state index contributed by atoms with van der Waals surface area (Å²) in [5, 5.41) is 2.23. The summed E-state index contributed by atoms with van der Waals surface area (Å²) < 4.78 is 0. The van der Waals surface area contributed by atoms with Crippen molar-refractivity contribution < 1.29 is 0 Å². The molecule has 0 aliphatic carbocycles. The van der Waals surface area contributed by atoms with Crippen LogP contribution in [-0.4, -0.2) is 0 Å². The Bertz CT molecular complexity index is 409. The number of aryl methyl sites for hydroxylation is 2. The van der Waals surface area contributed by atoms with Gasteiger partial charge in [-0.3, -0.25) is 0 Å². The predicted octanol–water partition coefficient (Wildman–Crippen LogP) is 4.95. The van der Waals surface area contributed by atoms with E-state index in [9.17, 15) is 0 Å². The molecule has 15 heavy (non-hydrogen) atoms. The molecule has 1 unspecified atom stereocenters. The highest BCUT2D eigenvalue weighted by Gasteiger charge is 2.13. The van der Waals surface area contributed by atoms with Gasteiger partial charge in [0, 0.05) is 21.1 Å². The van der Waals surface area contributed by atoms with Gasteiger partial charge >= 0.3 is 0 Å². The van der Waals surface area contributed by atoms with E-state index in [0.29, 0.717) is 0 Å². The summed E-state index contributed by atoms with van der Waals surface area (Å²) in [5.41, 5.74) is 1.35. The Morgan fingerprint density at radius 1 is 1.40 bits per heavy atom. The zero-order valence-electron chi connectivity index (χ0n) is 8.79. The first-order valence-electron chi connectivity index (χ1n) is 4.90. The Labute approximate surface area is 104 Å². The van der Waals surface area contributed by atoms with E-state index in [1.165, 1.54) is 20.2 Å². The van der Waals surface area contributed by atoms with Crippen LogP contribution >= 0.6 is 34.3 Å². The molecule has 3 heteroatoms. The first-order valence-corrected chi connectivity index (χ1v) is 7.03. The van der Waals surface area contributed by atoms with E-state index >= 15 is 0 Å². The molecule has 0 radical (unpaired) electrons. The summed E-state index contributed by atoms with van der Waals surface area (Å²) in [6.45, 7) is 4.29. The van der Waals surface area contributed by atoms with E-state index in [-0.39, 0.29) is 5.38 Å². The van der Waals surface area contributed by atoms with Crippen LogP contribution in [0.2, 0.25) is 0 Å². The molecular formula is C12H13ClS2. The fourth-order valence-electron chi connectivity index (χ4n) is 1.46. The van der Waals surface area contributed by atoms with Crippen LogP contribution in [0.25, 0.3) is 0 Å². The number of hydrogen-bond donors (Lipinski definition) is 0. The van der Waals surface area contributed by atoms with Crippen LogP contribution in [0.3, 0.4) is 0 Å². The van der Waals surface area contributed by atoms with Crippen molar-refractivity contribution in [2.45, 2.75) is 25.6 Å². The number of hydrogen-bond acceptors (Lipinski definition) is 2. The first kappa shape index (κ1) is 11.2. The molecule has 0 spiro atoms. The minimum Gasteiger partial charge on any atom is -0.149 e. The summed E-state index contributed by atoms with van der Waals surface area (Å²) in [6.07, 6.45) is 0.943. The molecule has 0 aliphatic rings. The van der Waals surface area contributed by atoms with Gasteiger partial charge in [-0.15, -0.1) is 34.3 Å². The van der Waals surface area contributed by atoms with Gasteiger partial charge in [0.05, 0.1) is 5.38 Å². The van der Waals surface area contributed by atoms with Crippen molar-refractivity contribution in [1.82, 2.24) is 0 Å². The van der Waals surface area contributed by atoms with Crippen molar-refractivity contribution in [1.29, 1.82) is 0 Å².